The van der Waals surface area contributed by atoms with Gasteiger partial charge in [0.25, 0.3) is 5.91 Å². The number of carbonyl (C=O) groups is 1. The number of hydrazone groups is 1. The predicted molar refractivity (Wildman–Crippen MR) is 98.6 cm³/mol. The van der Waals surface area contributed by atoms with E-state index in [9.17, 15) is 18.0 Å². The molecule has 8 nitrogen and oxygen atoms in total. The topological polar surface area (TPSA) is 90.0 Å². The lowest BCUT2D eigenvalue weighted by Crippen LogP contribution is -2.19. The number of amides is 1. The minimum atomic E-state index is -4.36. The normalized spacial score (nSPS) is 14.8. The lowest BCUT2D eigenvalue weighted by Gasteiger charge is -2.06. The van der Waals surface area contributed by atoms with E-state index in [1.54, 1.807) is 24.7 Å². The molecule has 3 aromatic rings. The number of fused-ring (bicyclic) bond motifs is 1. The molecular weight excluding hydrogens is 387 g/mol. The van der Waals surface area contributed by atoms with Gasteiger partial charge < -0.3 is 0 Å². The van der Waals surface area contributed by atoms with Crippen LogP contribution in [0.1, 0.15) is 46.2 Å². The van der Waals surface area contributed by atoms with Gasteiger partial charge in [0.05, 0.1) is 22.9 Å². The van der Waals surface area contributed by atoms with Crippen LogP contribution in [0, 0.1) is 6.92 Å². The molecule has 0 atom stereocenters. The largest absolute Gasteiger partial charge is 0.408 e. The molecule has 0 aromatic carbocycles. The molecule has 1 fully saturated rings. The van der Waals surface area contributed by atoms with Crippen LogP contribution in [0.3, 0.4) is 0 Å². The highest BCUT2D eigenvalue weighted by atomic mass is 19.4. The Labute approximate surface area is 163 Å². The molecule has 1 aliphatic carbocycles. The number of aromatic nitrogens is 5. The molecule has 0 bridgehead atoms. The maximum absolute atomic E-state index is 12.7. The van der Waals surface area contributed by atoms with Crippen molar-refractivity contribution in [2.45, 2.75) is 38.4 Å². The van der Waals surface area contributed by atoms with Crippen molar-refractivity contribution in [3.63, 3.8) is 0 Å². The molecule has 29 heavy (non-hydrogen) atoms. The van der Waals surface area contributed by atoms with Gasteiger partial charge in [-0.05, 0) is 31.9 Å². The van der Waals surface area contributed by atoms with Gasteiger partial charge in [-0.3, -0.25) is 14.2 Å². The van der Waals surface area contributed by atoms with E-state index in [1.807, 2.05) is 0 Å². The van der Waals surface area contributed by atoms with Crippen molar-refractivity contribution in [1.29, 1.82) is 0 Å². The molecule has 1 amide bonds. The Balaban J connectivity index is 1.54. The van der Waals surface area contributed by atoms with Crippen molar-refractivity contribution in [1.82, 2.24) is 30.0 Å². The van der Waals surface area contributed by atoms with Crippen molar-refractivity contribution in [2.24, 2.45) is 12.1 Å². The van der Waals surface area contributed by atoms with Crippen LogP contribution in [0.2, 0.25) is 0 Å². The lowest BCUT2D eigenvalue weighted by molar-refractivity contribution is -0.142. The first kappa shape index (κ1) is 19.1. The van der Waals surface area contributed by atoms with Gasteiger partial charge in [-0.15, -0.1) is 0 Å². The zero-order chi connectivity index (χ0) is 20.8. The highest BCUT2D eigenvalue weighted by molar-refractivity contribution is 6.06. The third kappa shape index (κ3) is 4.13. The first-order valence-corrected chi connectivity index (χ1v) is 8.99. The molecule has 3 heterocycles. The van der Waals surface area contributed by atoms with Crippen LogP contribution in [0.15, 0.2) is 23.4 Å². The summed E-state index contributed by atoms with van der Waals surface area (Å²) >= 11 is 0. The number of aryl methyl sites for hydroxylation is 2. The Morgan fingerprint density at radius 1 is 1.38 bits per heavy atom. The molecule has 0 aliphatic heterocycles. The second kappa shape index (κ2) is 6.98. The first-order valence-electron chi connectivity index (χ1n) is 8.99. The maximum Gasteiger partial charge on any atom is 0.408 e. The van der Waals surface area contributed by atoms with Gasteiger partial charge in [0.1, 0.15) is 12.2 Å². The second-order valence-electron chi connectivity index (χ2n) is 7.03. The highest BCUT2D eigenvalue weighted by Gasteiger charge is 2.29. The second-order valence-corrected chi connectivity index (χ2v) is 7.03. The van der Waals surface area contributed by atoms with E-state index in [4.69, 9.17) is 0 Å². The number of alkyl halides is 3. The summed E-state index contributed by atoms with van der Waals surface area (Å²) in [7, 11) is 1.77. The van der Waals surface area contributed by atoms with Crippen LogP contribution in [-0.4, -0.2) is 42.8 Å². The minimum Gasteiger partial charge on any atom is -0.267 e. The average Bonchev–Trinajstić information content (AvgIpc) is 3.34. The Bertz CT molecular complexity index is 1110. The Hall–Kier alpha value is -3.24. The van der Waals surface area contributed by atoms with Crippen molar-refractivity contribution in [2.75, 3.05) is 0 Å². The Kier molecular flexibility index (Phi) is 4.59. The molecule has 11 heteroatoms. The standard InChI is InChI=1S/C18H18F3N7O/c1-10-15-13(7-14(11-3-4-11)23-16(15)27(2)25-10)17(29)24-22-8-12-5-6-28(26-12)9-18(19,20)21/h5-8,11H,3-4,9H2,1-2H3,(H,24,29)/b22-8-. The molecule has 4 rings (SSSR count). The zero-order valence-electron chi connectivity index (χ0n) is 15.7. The highest BCUT2D eigenvalue weighted by Crippen LogP contribution is 2.40. The van der Waals surface area contributed by atoms with Gasteiger partial charge in [0.15, 0.2) is 5.65 Å². The van der Waals surface area contributed by atoms with E-state index in [2.05, 4.69) is 25.7 Å². The van der Waals surface area contributed by atoms with E-state index < -0.39 is 18.6 Å². The van der Waals surface area contributed by atoms with Crippen LogP contribution in [-0.2, 0) is 13.6 Å². The van der Waals surface area contributed by atoms with Crippen LogP contribution < -0.4 is 5.43 Å². The number of hydrogen-bond acceptors (Lipinski definition) is 5. The van der Waals surface area contributed by atoms with Crippen molar-refractivity contribution in [3.8, 4) is 0 Å². The molecule has 152 valence electrons. The van der Waals surface area contributed by atoms with E-state index in [0.717, 1.165) is 23.2 Å². The number of hydrogen-bond donors (Lipinski definition) is 1. The molecular formula is C18H18F3N7O. The maximum atomic E-state index is 12.7. The fourth-order valence-corrected chi connectivity index (χ4v) is 3.17. The SMILES string of the molecule is Cc1nn(C)c2nc(C3CC3)cc(C(=O)N/N=C\c3ccn(CC(F)(F)F)n3)c12. The number of rotatable bonds is 5. The number of pyridine rings is 1. The van der Waals surface area contributed by atoms with E-state index >= 15 is 0 Å². The summed E-state index contributed by atoms with van der Waals surface area (Å²) in [5, 5.41) is 12.6. The summed E-state index contributed by atoms with van der Waals surface area (Å²) in [4.78, 5) is 17.4. The van der Waals surface area contributed by atoms with Crippen LogP contribution in [0.5, 0.6) is 0 Å². The fraction of sp³-hybridized carbons (Fsp3) is 0.389. The fourth-order valence-electron chi connectivity index (χ4n) is 3.17. The summed E-state index contributed by atoms with van der Waals surface area (Å²) in [6.45, 7) is 0.612. The Morgan fingerprint density at radius 3 is 2.83 bits per heavy atom. The smallest absolute Gasteiger partial charge is 0.267 e. The molecule has 1 N–H and O–H groups in total. The van der Waals surface area contributed by atoms with E-state index in [1.165, 1.54) is 18.5 Å². The molecule has 1 aliphatic rings. The first-order chi connectivity index (χ1) is 13.7. The number of carbonyl (C=O) groups excluding carboxylic acids is 1. The summed E-state index contributed by atoms with van der Waals surface area (Å²) in [6, 6.07) is 3.14. The van der Waals surface area contributed by atoms with E-state index in [0.29, 0.717) is 28.2 Å². The quantitative estimate of drug-likeness (QED) is 0.522. The van der Waals surface area contributed by atoms with Crippen molar-refractivity contribution >= 4 is 23.2 Å². The third-order valence-electron chi connectivity index (χ3n) is 4.59. The Morgan fingerprint density at radius 2 is 2.14 bits per heavy atom. The molecule has 0 unspecified atom stereocenters. The van der Waals surface area contributed by atoms with Gasteiger partial charge in [-0.25, -0.2) is 10.4 Å². The van der Waals surface area contributed by atoms with Crippen LogP contribution in [0.25, 0.3) is 11.0 Å². The number of nitrogens with zero attached hydrogens (tertiary/aromatic N) is 6. The van der Waals surface area contributed by atoms with Gasteiger partial charge in [0, 0.05) is 24.9 Å². The number of nitrogens with one attached hydrogen (secondary N) is 1. The van der Waals surface area contributed by atoms with Crippen molar-refractivity contribution < 1.29 is 18.0 Å². The van der Waals surface area contributed by atoms with Gasteiger partial charge >= 0.3 is 6.18 Å². The number of halogens is 3. The van der Waals surface area contributed by atoms with Gasteiger partial charge in [-0.2, -0.15) is 28.5 Å². The predicted octanol–water partition coefficient (Wildman–Crippen LogP) is 2.68. The molecule has 3 aromatic heterocycles. The van der Waals surface area contributed by atoms with Gasteiger partial charge in [-0.1, -0.05) is 0 Å². The lowest BCUT2D eigenvalue weighted by atomic mass is 10.1. The van der Waals surface area contributed by atoms with Crippen LogP contribution >= 0.6 is 0 Å². The monoisotopic (exact) mass is 405 g/mol. The van der Waals surface area contributed by atoms with E-state index in [-0.39, 0.29) is 5.69 Å². The average molecular weight is 405 g/mol. The summed E-state index contributed by atoms with van der Waals surface area (Å²) in [6.07, 6.45) is 0.109. The molecule has 1 saturated carbocycles. The summed E-state index contributed by atoms with van der Waals surface area (Å²) in [5.74, 6) is -0.0939. The summed E-state index contributed by atoms with van der Waals surface area (Å²) in [5.41, 5.74) is 5.19. The minimum absolute atomic E-state index is 0.200. The molecule has 0 spiro atoms. The van der Waals surface area contributed by atoms with Gasteiger partial charge in [0.2, 0.25) is 0 Å². The van der Waals surface area contributed by atoms with Crippen molar-refractivity contribution in [3.05, 3.63) is 41.0 Å². The zero-order valence-corrected chi connectivity index (χ0v) is 15.7. The summed E-state index contributed by atoms with van der Waals surface area (Å²) < 4.78 is 39.6. The van der Waals surface area contributed by atoms with Crippen LogP contribution in [0.4, 0.5) is 13.2 Å². The molecule has 0 saturated heterocycles. The third-order valence-corrected chi connectivity index (χ3v) is 4.59. The molecule has 0 radical (unpaired) electrons.